The maximum atomic E-state index is 11.7. The van der Waals surface area contributed by atoms with E-state index in [1.165, 1.54) is 5.56 Å². The molecule has 29 heavy (non-hydrogen) atoms. The third-order valence-electron chi connectivity index (χ3n) is 4.27. The van der Waals surface area contributed by atoms with Gasteiger partial charge in [0.2, 0.25) is 0 Å². The number of rotatable bonds is 8. The summed E-state index contributed by atoms with van der Waals surface area (Å²) in [6, 6.07) is 11.7. The first-order chi connectivity index (χ1) is 14.0. The molecule has 0 saturated heterocycles. The van der Waals surface area contributed by atoms with E-state index in [9.17, 15) is 4.79 Å². The van der Waals surface area contributed by atoms with Crippen LogP contribution in [0, 0.1) is 13.8 Å². The Morgan fingerprint density at radius 2 is 1.79 bits per heavy atom. The van der Waals surface area contributed by atoms with Crippen LogP contribution in [0.3, 0.4) is 0 Å². The van der Waals surface area contributed by atoms with Crippen molar-refractivity contribution < 1.29 is 19.0 Å². The minimum Gasteiger partial charge on any atom is -0.493 e. The Labute approximate surface area is 174 Å². The Kier molecular flexibility index (Phi) is 6.82. The van der Waals surface area contributed by atoms with Crippen molar-refractivity contribution in [2.75, 3.05) is 20.3 Å². The Morgan fingerprint density at radius 1 is 1.03 bits per heavy atom. The first-order valence-electron chi connectivity index (χ1n) is 9.25. The molecule has 0 spiro atoms. The highest BCUT2D eigenvalue weighted by Crippen LogP contribution is 2.32. The molecule has 0 atom stereocenters. The number of amides is 1. The van der Waals surface area contributed by atoms with Gasteiger partial charge in [0.15, 0.2) is 16.7 Å². The molecular weight excluding hydrogens is 388 g/mol. The van der Waals surface area contributed by atoms with E-state index in [1.54, 1.807) is 13.2 Å². The van der Waals surface area contributed by atoms with E-state index in [1.807, 2.05) is 38.1 Å². The summed E-state index contributed by atoms with van der Waals surface area (Å²) >= 11 is 1.16. The molecule has 0 radical (unpaired) electrons. The number of amidine groups is 1. The van der Waals surface area contributed by atoms with Gasteiger partial charge in [-0.15, -0.1) is 0 Å². The summed E-state index contributed by atoms with van der Waals surface area (Å²) in [7, 11) is 1.58. The molecule has 2 aromatic rings. The first kappa shape index (κ1) is 20.8. The molecule has 1 amide bonds. The SMILES string of the molecule is COc1cc(/C=C2/SC(N)=NC2=O)ccc1OCCCOc1cc(C)ccc1C. The predicted molar refractivity (Wildman–Crippen MR) is 117 cm³/mol. The summed E-state index contributed by atoms with van der Waals surface area (Å²) in [5.41, 5.74) is 8.69. The minimum atomic E-state index is -0.323. The topological polar surface area (TPSA) is 83.1 Å². The van der Waals surface area contributed by atoms with Crippen molar-refractivity contribution in [1.82, 2.24) is 0 Å². The van der Waals surface area contributed by atoms with Gasteiger partial charge in [-0.25, -0.2) is 0 Å². The molecule has 7 heteroatoms. The molecule has 0 bridgehead atoms. The highest BCUT2D eigenvalue weighted by Gasteiger charge is 2.19. The van der Waals surface area contributed by atoms with Crippen LogP contribution in [-0.4, -0.2) is 31.4 Å². The molecule has 3 rings (SSSR count). The average molecular weight is 413 g/mol. The maximum Gasteiger partial charge on any atom is 0.286 e. The number of ether oxygens (including phenoxy) is 3. The molecule has 6 nitrogen and oxygen atoms in total. The lowest BCUT2D eigenvalue weighted by Crippen LogP contribution is -2.06. The predicted octanol–water partition coefficient (Wildman–Crippen LogP) is 4.09. The number of nitrogens with two attached hydrogens (primary N) is 1. The van der Waals surface area contributed by atoms with Gasteiger partial charge in [0.05, 0.1) is 25.2 Å². The molecule has 152 valence electrons. The van der Waals surface area contributed by atoms with Gasteiger partial charge in [-0.1, -0.05) is 18.2 Å². The Balaban J connectivity index is 1.54. The van der Waals surface area contributed by atoms with E-state index in [2.05, 4.69) is 17.1 Å². The van der Waals surface area contributed by atoms with Crippen molar-refractivity contribution >= 4 is 28.9 Å². The smallest absolute Gasteiger partial charge is 0.286 e. The molecule has 0 fully saturated rings. The van der Waals surface area contributed by atoms with Gasteiger partial charge in [-0.3, -0.25) is 4.79 Å². The Bertz CT molecular complexity index is 969. The van der Waals surface area contributed by atoms with E-state index in [4.69, 9.17) is 19.9 Å². The zero-order chi connectivity index (χ0) is 20.8. The highest BCUT2D eigenvalue weighted by atomic mass is 32.2. The van der Waals surface area contributed by atoms with Crippen LogP contribution >= 0.6 is 11.8 Å². The second-order valence-corrected chi connectivity index (χ2v) is 7.66. The zero-order valence-corrected chi connectivity index (χ0v) is 17.5. The number of benzene rings is 2. The molecule has 2 aromatic carbocycles. The molecule has 0 aliphatic carbocycles. The number of carbonyl (C=O) groups is 1. The van der Waals surface area contributed by atoms with E-state index in [-0.39, 0.29) is 11.1 Å². The van der Waals surface area contributed by atoms with Crippen molar-refractivity contribution in [3.63, 3.8) is 0 Å². The fourth-order valence-electron chi connectivity index (χ4n) is 2.76. The van der Waals surface area contributed by atoms with Gasteiger partial charge < -0.3 is 19.9 Å². The van der Waals surface area contributed by atoms with Crippen molar-refractivity contribution in [2.45, 2.75) is 20.3 Å². The van der Waals surface area contributed by atoms with Crippen LogP contribution in [0.25, 0.3) is 6.08 Å². The summed E-state index contributed by atoms with van der Waals surface area (Å²) in [4.78, 5) is 15.9. The molecule has 1 aliphatic rings. The second kappa shape index (κ2) is 9.52. The number of aryl methyl sites for hydroxylation is 2. The summed E-state index contributed by atoms with van der Waals surface area (Å²) in [6.07, 6.45) is 2.48. The molecular formula is C22H24N2O4S. The molecule has 1 heterocycles. The lowest BCUT2D eigenvalue weighted by molar-refractivity contribution is -0.113. The fourth-order valence-corrected chi connectivity index (χ4v) is 3.44. The normalized spacial score (nSPS) is 14.8. The third-order valence-corrected chi connectivity index (χ3v) is 5.08. The quantitative estimate of drug-likeness (QED) is 0.519. The largest absolute Gasteiger partial charge is 0.493 e. The van der Waals surface area contributed by atoms with E-state index in [0.29, 0.717) is 29.6 Å². The standard InChI is InChI=1S/C22H24N2O4S/c1-14-5-6-15(2)18(11-14)28-10-4-9-27-17-8-7-16(12-19(17)26-3)13-20-21(25)24-22(23)29-20/h5-8,11-13H,4,9-10H2,1-3H3,(H2,23,24,25)/b20-13+. The number of nitrogens with zero attached hydrogens (tertiary/aromatic N) is 1. The monoisotopic (exact) mass is 412 g/mol. The van der Waals surface area contributed by atoms with Crippen molar-refractivity contribution in [1.29, 1.82) is 0 Å². The van der Waals surface area contributed by atoms with Crippen LogP contribution in [0.4, 0.5) is 0 Å². The first-order valence-corrected chi connectivity index (χ1v) is 10.1. The average Bonchev–Trinajstić information content (AvgIpc) is 3.01. The Morgan fingerprint density at radius 3 is 2.48 bits per heavy atom. The second-order valence-electron chi connectivity index (χ2n) is 6.60. The number of methoxy groups -OCH3 is 1. The van der Waals surface area contributed by atoms with Gasteiger partial charge in [0.25, 0.3) is 5.91 Å². The number of hydrogen-bond donors (Lipinski definition) is 1. The van der Waals surface area contributed by atoms with Gasteiger partial charge in [0.1, 0.15) is 5.75 Å². The summed E-state index contributed by atoms with van der Waals surface area (Å²) in [5.74, 6) is 1.82. The third kappa shape index (κ3) is 5.54. The van der Waals surface area contributed by atoms with Gasteiger partial charge in [-0.05, 0) is 66.6 Å². The zero-order valence-electron chi connectivity index (χ0n) is 16.7. The molecule has 2 N–H and O–H groups in total. The van der Waals surface area contributed by atoms with Crippen molar-refractivity contribution in [3.05, 3.63) is 58.0 Å². The number of carbonyl (C=O) groups excluding carboxylic acids is 1. The van der Waals surface area contributed by atoms with Gasteiger partial charge in [0, 0.05) is 6.42 Å². The van der Waals surface area contributed by atoms with E-state index in [0.717, 1.165) is 35.1 Å². The van der Waals surface area contributed by atoms with Crippen LogP contribution < -0.4 is 19.9 Å². The highest BCUT2D eigenvalue weighted by molar-refractivity contribution is 8.18. The van der Waals surface area contributed by atoms with E-state index >= 15 is 0 Å². The lowest BCUT2D eigenvalue weighted by atomic mass is 10.1. The van der Waals surface area contributed by atoms with Gasteiger partial charge >= 0.3 is 0 Å². The molecule has 1 aliphatic heterocycles. The molecule has 0 aromatic heterocycles. The van der Waals surface area contributed by atoms with Crippen LogP contribution in [0.2, 0.25) is 0 Å². The minimum absolute atomic E-state index is 0.260. The van der Waals surface area contributed by atoms with Crippen molar-refractivity contribution in [2.24, 2.45) is 10.7 Å². The number of thioether (sulfide) groups is 1. The fraction of sp³-hybridized carbons (Fsp3) is 0.273. The summed E-state index contributed by atoms with van der Waals surface area (Å²) in [5, 5.41) is 0.260. The van der Waals surface area contributed by atoms with Crippen molar-refractivity contribution in [3.8, 4) is 17.2 Å². The van der Waals surface area contributed by atoms with Gasteiger partial charge in [-0.2, -0.15) is 4.99 Å². The molecule has 0 saturated carbocycles. The van der Waals surface area contributed by atoms with Crippen LogP contribution in [0.15, 0.2) is 46.3 Å². The maximum absolute atomic E-state index is 11.7. The lowest BCUT2D eigenvalue weighted by Gasteiger charge is -2.13. The summed E-state index contributed by atoms with van der Waals surface area (Å²) < 4.78 is 17.1. The number of hydrogen-bond acceptors (Lipinski definition) is 6. The van der Waals surface area contributed by atoms with Crippen LogP contribution in [-0.2, 0) is 4.79 Å². The number of aliphatic imine (C=N–C) groups is 1. The Hall–Kier alpha value is -2.93. The molecule has 0 unspecified atom stereocenters. The van der Waals surface area contributed by atoms with E-state index < -0.39 is 0 Å². The van der Waals surface area contributed by atoms with Crippen LogP contribution in [0.1, 0.15) is 23.1 Å². The van der Waals surface area contributed by atoms with Crippen LogP contribution in [0.5, 0.6) is 17.2 Å². The summed E-state index contributed by atoms with van der Waals surface area (Å²) in [6.45, 7) is 5.15.